The number of benzene rings is 2. The van der Waals surface area contributed by atoms with Crippen molar-refractivity contribution in [1.29, 1.82) is 0 Å². The average Bonchev–Trinajstić information content (AvgIpc) is 2.63. The zero-order valence-electron chi connectivity index (χ0n) is 15.3. The van der Waals surface area contributed by atoms with Gasteiger partial charge < -0.3 is 14.6 Å². The summed E-state index contributed by atoms with van der Waals surface area (Å²) in [5.74, 6) is -0.980. The molecule has 0 saturated carbocycles. The SMILES string of the molecule is COc1cccc(COCC(O)CN(C)C(C)c2ccc(F)c(F)c2)c1. The van der Waals surface area contributed by atoms with Gasteiger partial charge in [0.25, 0.3) is 0 Å². The van der Waals surface area contributed by atoms with Crippen molar-refractivity contribution < 1.29 is 23.4 Å². The predicted molar refractivity (Wildman–Crippen MR) is 96.1 cm³/mol. The largest absolute Gasteiger partial charge is 0.497 e. The molecule has 26 heavy (non-hydrogen) atoms. The van der Waals surface area contributed by atoms with Crippen molar-refractivity contribution >= 4 is 0 Å². The van der Waals surface area contributed by atoms with Crippen molar-refractivity contribution in [3.05, 3.63) is 65.2 Å². The molecule has 0 aromatic heterocycles. The van der Waals surface area contributed by atoms with Crippen molar-refractivity contribution in [3.63, 3.8) is 0 Å². The number of aliphatic hydroxyl groups is 1. The van der Waals surface area contributed by atoms with E-state index in [-0.39, 0.29) is 12.6 Å². The third-order valence-corrected chi connectivity index (χ3v) is 4.30. The first-order valence-corrected chi connectivity index (χ1v) is 8.44. The van der Waals surface area contributed by atoms with E-state index in [1.807, 2.05) is 43.1 Å². The van der Waals surface area contributed by atoms with E-state index in [9.17, 15) is 13.9 Å². The standard InChI is InChI=1S/C20H25F2NO3/c1-14(16-7-8-19(21)20(22)10-16)23(2)11-17(24)13-26-12-15-5-4-6-18(9-15)25-3/h4-10,14,17,24H,11-13H2,1-3H3. The second-order valence-electron chi connectivity index (χ2n) is 6.31. The molecule has 2 unspecified atom stereocenters. The summed E-state index contributed by atoms with van der Waals surface area (Å²) in [5.41, 5.74) is 1.61. The molecular weight excluding hydrogens is 340 g/mol. The van der Waals surface area contributed by atoms with Crippen molar-refractivity contribution in [2.24, 2.45) is 0 Å². The van der Waals surface area contributed by atoms with Crippen LogP contribution in [0.25, 0.3) is 0 Å². The molecule has 0 heterocycles. The Morgan fingerprint density at radius 1 is 1.12 bits per heavy atom. The van der Waals surface area contributed by atoms with Crippen LogP contribution in [0.1, 0.15) is 24.1 Å². The maximum atomic E-state index is 13.4. The quantitative estimate of drug-likeness (QED) is 0.738. The lowest BCUT2D eigenvalue weighted by Crippen LogP contribution is -2.34. The summed E-state index contributed by atoms with van der Waals surface area (Å²) in [4.78, 5) is 1.87. The second kappa shape index (κ2) is 9.62. The van der Waals surface area contributed by atoms with Crippen molar-refractivity contribution in [2.75, 3.05) is 27.3 Å². The minimum Gasteiger partial charge on any atom is -0.497 e. The van der Waals surface area contributed by atoms with Crippen LogP contribution in [0.2, 0.25) is 0 Å². The Balaban J connectivity index is 1.80. The molecule has 0 aliphatic heterocycles. The van der Waals surface area contributed by atoms with E-state index in [0.29, 0.717) is 18.7 Å². The van der Waals surface area contributed by atoms with Crippen LogP contribution in [0.5, 0.6) is 5.75 Å². The van der Waals surface area contributed by atoms with Gasteiger partial charge >= 0.3 is 0 Å². The average molecular weight is 365 g/mol. The van der Waals surface area contributed by atoms with Crippen LogP contribution < -0.4 is 4.74 Å². The maximum Gasteiger partial charge on any atom is 0.159 e. The first kappa shape index (κ1) is 20.3. The molecule has 2 aromatic rings. The third kappa shape index (κ3) is 5.76. The minimum atomic E-state index is -0.870. The van der Waals surface area contributed by atoms with Crippen molar-refractivity contribution in [2.45, 2.75) is 25.7 Å². The summed E-state index contributed by atoms with van der Waals surface area (Å²) in [6.07, 6.45) is -0.696. The Labute approximate surface area is 153 Å². The van der Waals surface area contributed by atoms with Gasteiger partial charge in [0.15, 0.2) is 11.6 Å². The monoisotopic (exact) mass is 365 g/mol. The van der Waals surface area contributed by atoms with Gasteiger partial charge in [0.2, 0.25) is 0 Å². The van der Waals surface area contributed by atoms with Crippen LogP contribution in [-0.2, 0) is 11.3 Å². The minimum absolute atomic E-state index is 0.168. The highest BCUT2D eigenvalue weighted by atomic mass is 19.2. The van der Waals surface area contributed by atoms with Gasteiger partial charge in [-0.15, -0.1) is 0 Å². The molecule has 4 nitrogen and oxygen atoms in total. The van der Waals surface area contributed by atoms with E-state index in [1.54, 1.807) is 13.2 Å². The summed E-state index contributed by atoms with van der Waals surface area (Å²) in [6, 6.07) is 11.2. The molecule has 0 bridgehead atoms. The number of ether oxygens (including phenoxy) is 2. The molecule has 0 fully saturated rings. The summed E-state index contributed by atoms with van der Waals surface area (Å²) in [5, 5.41) is 10.2. The van der Waals surface area contributed by atoms with Gasteiger partial charge in [-0.1, -0.05) is 18.2 Å². The zero-order chi connectivity index (χ0) is 19.1. The second-order valence-corrected chi connectivity index (χ2v) is 6.31. The first-order chi connectivity index (χ1) is 12.4. The fourth-order valence-electron chi connectivity index (χ4n) is 2.65. The lowest BCUT2D eigenvalue weighted by atomic mass is 10.1. The van der Waals surface area contributed by atoms with E-state index < -0.39 is 17.7 Å². The number of nitrogens with zero attached hydrogens (tertiary/aromatic N) is 1. The Bertz CT molecular complexity index is 711. The van der Waals surface area contributed by atoms with Crippen LogP contribution in [-0.4, -0.2) is 43.4 Å². The molecule has 2 aromatic carbocycles. The summed E-state index contributed by atoms with van der Waals surface area (Å²) in [7, 11) is 3.42. The maximum absolute atomic E-state index is 13.4. The molecule has 0 saturated heterocycles. The predicted octanol–water partition coefficient (Wildman–Crippen LogP) is 3.54. The number of hydrogen-bond acceptors (Lipinski definition) is 4. The fourth-order valence-corrected chi connectivity index (χ4v) is 2.65. The number of rotatable bonds is 9. The van der Waals surface area contributed by atoms with Gasteiger partial charge in [-0.25, -0.2) is 8.78 Å². The van der Waals surface area contributed by atoms with Gasteiger partial charge in [-0.3, -0.25) is 4.90 Å². The Kier molecular flexibility index (Phi) is 7.50. The highest BCUT2D eigenvalue weighted by molar-refractivity contribution is 5.27. The molecule has 142 valence electrons. The smallest absolute Gasteiger partial charge is 0.159 e. The Morgan fingerprint density at radius 3 is 2.58 bits per heavy atom. The number of halogens is 2. The molecule has 1 N–H and O–H groups in total. The molecule has 0 amide bonds. The molecule has 0 aliphatic rings. The number of methoxy groups -OCH3 is 1. The van der Waals surface area contributed by atoms with Gasteiger partial charge in [0.05, 0.1) is 26.4 Å². The molecule has 0 spiro atoms. The highest BCUT2D eigenvalue weighted by Gasteiger charge is 2.17. The summed E-state index contributed by atoms with van der Waals surface area (Å²) < 4.78 is 37.1. The topological polar surface area (TPSA) is 41.9 Å². The van der Waals surface area contributed by atoms with Gasteiger partial charge in [-0.2, -0.15) is 0 Å². The highest BCUT2D eigenvalue weighted by Crippen LogP contribution is 2.21. The molecule has 6 heteroatoms. The fraction of sp³-hybridized carbons (Fsp3) is 0.400. The molecular formula is C20H25F2NO3. The summed E-state index contributed by atoms with van der Waals surface area (Å²) in [6.45, 7) is 2.76. The molecule has 2 atom stereocenters. The number of aliphatic hydroxyl groups excluding tert-OH is 1. The summed E-state index contributed by atoms with van der Waals surface area (Å²) >= 11 is 0. The zero-order valence-corrected chi connectivity index (χ0v) is 15.3. The van der Waals surface area contributed by atoms with E-state index >= 15 is 0 Å². The van der Waals surface area contributed by atoms with Crippen molar-refractivity contribution in [1.82, 2.24) is 4.90 Å². The van der Waals surface area contributed by atoms with E-state index in [1.165, 1.54) is 6.07 Å². The van der Waals surface area contributed by atoms with Crippen molar-refractivity contribution in [3.8, 4) is 5.75 Å². The lowest BCUT2D eigenvalue weighted by Gasteiger charge is -2.27. The van der Waals surface area contributed by atoms with Gasteiger partial charge in [-0.05, 0) is 49.4 Å². The number of hydrogen-bond donors (Lipinski definition) is 1. The van der Waals surface area contributed by atoms with Gasteiger partial charge in [0.1, 0.15) is 5.75 Å². The van der Waals surface area contributed by atoms with Gasteiger partial charge in [0, 0.05) is 12.6 Å². The molecule has 2 rings (SSSR count). The van der Waals surface area contributed by atoms with Crippen LogP contribution in [0.15, 0.2) is 42.5 Å². The molecule has 0 radical (unpaired) electrons. The van der Waals surface area contributed by atoms with E-state index in [0.717, 1.165) is 17.4 Å². The van der Waals surface area contributed by atoms with Crippen LogP contribution >= 0.6 is 0 Å². The lowest BCUT2D eigenvalue weighted by molar-refractivity contribution is 0.00848. The Hall–Kier alpha value is -2.02. The van der Waals surface area contributed by atoms with Crippen LogP contribution in [0, 0.1) is 11.6 Å². The normalized spacial score (nSPS) is 13.7. The third-order valence-electron chi connectivity index (χ3n) is 4.30. The van der Waals surface area contributed by atoms with E-state index in [4.69, 9.17) is 9.47 Å². The van der Waals surface area contributed by atoms with Crippen LogP contribution in [0.4, 0.5) is 8.78 Å². The van der Waals surface area contributed by atoms with E-state index in [2.05, 4.69) is 0 Å². The Morgan fingerprint density at radius 2 is 1.88 bits per heavy atom. The molecule has 0 aliphatic carbocycles. The number of likely N-dealkylation sites (N-methyl/N-ethyl adjacent to an activating group) is 1. The van der Waals surface area contributed by atoms with Crippen LogP contribution in [0.3, 0.4) is 0 Å². The first-order valence-electron chi connectivity index (χ1n) is 8.44.